The Morgan fingerprint density at radius 2 is 2.11 bits per heavy atom. The van der Waals surface area contributed by atoms with E-state index in [2.05, 4.69) is 27.4 Å². The largest absolute Gasteiger partial charge is 0.356 e. The minimum absolute atomic E-state index is 0.0638. The molecule has 1 fully saturated rings. The van der Waals surface area contributed by atoms with E-state index >= 15 is 0 Å². The Bertz CT molecular complexity index is 786. The summed E-state index contributed by atoms with van der Waals surface area (Å²) in [6.07, 6.45) is 1.90. The van der Waals surface area contributed by atoms with Crippen LogP contribution in [-0.4, -0.2) is 47.4 Å². The van der Waals surface area contributed by atoms with Crippen molar-refractivity contribution in [2.24, 2.45) is 0 Å². The van der Waals surface area contributed by atoms with Crippen LogP contribution in [0.2, 0.25) is 0 Å². The van der Waals surface area contributed by atoms with Crippen LogP contribution in [0.15, 0.2) is 30.3 Å². The molecule has 0 saturated carbocycles. The van der Waals surface area contributed by atoms with Crippen molar-refractivity contribution in [3.8, 4) is 0 Å². The van der Waals surface area contributed by atoms with Gasteiger partial charge in [0.1, 0.15) is 0 Å². The molecule has 1 atom stereocenters. The maximum atomic E-state index is 12.4. The Hall–Kier alpha value is -2.25. The third-order valence-electron chi connectivity index (χ3n) is 5.01. The van der Waals surface area contributed by atoms with Gasteiger partial charge >= 0.3 is 0 Å². The summed E-state index contributed by atoms with van der Waals surface area (Å²) < 4.78 is 0. The second kappa shape index (κ2) is 9.80. The summed E-state index contributed by atoms with van der Waals surface area (Å²) >= 11 is 1.72. The fourth-order valence-corrected chi connectivity index (χ4v) is 4.33. The normalized spacial score (nSPS) is 17.4. The lowest BCUT2D eigenvalue weighted by Crippen LogP contribution is -2.56. The van der Waals surface area contributed by atoms with E-state index in [9.17, 15) is 9.59 Å². The standard InChI is InChI=1S/C21H28N4O2S/c1-15-16(2)28-20(24-15)9-6-10-22-19(26)13-18-21(27)23-11-12-25(18)14-17-7-4-3-5-8-17/h3-5,7-8,18H,6,9-14H2,1-2H3,(H,22,26)(H,23,27)/t18-/m1/s1. The van der Waals surface area contributed by atoms with Crippen LogP contribution in [0, 0.1) is 13.8 Å². The third-order valence-corrected chi connectivity index (χ3v) is 6.14. The number of piperazine rings is 1. The molecule has 2 amide bonds. The lowest BCUT2D eigenvalue weighted by Gasteiger charge is -2.34. The molecule has 1 saturated heterocycles. The molecule has 2 heterocycles. The molecule has 7 heteroatoms. The van der Waals surface area contributed by atoms with Gasteiger partial charge < -0.3 is 10.6 Å². The summed E-state index contributed by atoms with van der Waals surface area (Å²) in [6, 6.07) is 9.64. The van der Waals surface area contributed by atoms with Crippen molar-refractivity contribution in [2.75, 3.05) is 19.6 Å². The summed E-state index contributed by atoms with van der Waals surface area (Å²) in [6.45, 7) is 6.75. The second-order valence-corrected chi connectivity index (χ2v) is 8.46. The van der Waals surface area contributed by atoms with E-state index in [0.717, 1.165) is 35.7 Å². The van der Waals surface area contributed by atoms with Gasteiger partial charge in [-0.15, -0.1) is 11.3 Å². The topological polar surface area (TPSA) is 74.3 Å². The number of hydrogen-bond donors (Lipinski definition) is 2. The SMILES string of the molecule is Cc1nc(CCCNC(=O)C[C@@H]2C(=O)NCCN2Cc2ccccc2)sc1C. The highest BCUT2D eigenvalue weighted by Crippen LogP contribution is 2.17. The molecule has 150 valence electrons. The van der Waals surface area contributed by atoms with Gasteiger partial charge in [0.05, 0.1) is 23.2 Å². The molecule has 0 bridgehead atoms. The highest BCUT2D eigenvalue weighted by Gasteiger charge is 2.31. The molecule has 3 rings (SSSR count). The number of nitrogens with one attached hydrogen (secondary N) is 2. The molecular weight excluding hydrogens is 372 g/mol. The number of amides is 2. The van der Waals surface area contributed by atoms with Crippen molar-refractivity contribution in [1.29, 1.82) is 0 Å². The van der Waals surface area contributed by atoms with E-state index in [1.165, 1.54) is 4.88 Å². The molecule has 1 aromatic carbocycles. The monoisotopic (exact) mass is 400 g/mol. The first-order chi connectivity index (χ1) is 13.5. The quantitative estimate of drug-likeness (QED) is 0.666. The van der Waals surface area contributed by atoms with Crippen molar-refractivity contribution in [3.05, 3.63) is 51.5 Å². The fourth-order valence-electron chi connectivity index (χ4n) is 3.35. The fraction of sp³-hybridized carbons (Fsp3) is 0.476. The molecule has 1 aromatic heterocycles. The predicted molar refractivity (Wildman–Crippen MR) is 111 cm³/mol. The van der Waals surface area contributed by atoms with E-state index in [1.54, 1.807) is 11.3 Å². The van der Waals surface area contributed by atoms with Crippen molar-refractivity contribution in [2.45, 2.75) is 45.7 Å². The van der Waals surface area contributed by atoms with E-state index in [0.29, 0.717) is 19.6 Å². The number of aromatic nitrogens is 1. The highest BCUT2D eigenvalue weighted by molar-refractivity contribution is 7.11. The molecule has 1 aliphatic heterocycles. The van der Waals surface area contributed by atoms with Crippen molar-refractivity contribution >= 4 is 23.2 Å². The Balaban J connectivity index is 1.46. The predicted octanol–water partition coefficient (Wildman–Crippen LogP) is 2.20. The van der Waals surface area contributed by atoms with Crippen molar-refractivity contribution in [1.82, 2.24) is 20.5 Å². The zero-order valence-corrected chi connectivity index (χ0v) is 17.3. The summed E-state index contributed by atoms with van der Waals surface area (Å²) in [5.74, 6) is -0.141. The highest BCUT2D eigenvalue weighted by atomic mass is 32.1. The van der Waals surface area contributed by atoms with Gasteiger partial charge in [0.2, 0.25) is 11.8 Å². The maximum Gasteiger partial charge on any atom is 0.237 e. The second-order valence-electron chi connectivity index (χ2n) is 7.17. The minimum Gasteiger partial charge on any atom is -0.356 e. The Morgan fingerprint density at radius 1 is 1.32 bits per heavy atom. The van der Waals surface area contributed by atoms with Gasteiger partial charge in [0.15, 0.2) is 0 Å². The first kappa shape index (κ1) is 20.5. The molecule has 0 aliphatic carbocycles. The van der Waals surface area contributed by atoms with Crippen LogP contribution in [0.5, 0.6) is 0 Å². The maximum absolute atomic E-state index is 12.4. The van der Waals surface area contributed by atoms with Crippen LogP contribution in [0.1, 0.15) is 34.0 Å². The average Bonchev–Trinajstić information content (AvgIpc) is 3.00. The zero-order valence-electron chi connectivity index (χ0n) is 16.5. The average molecular weight is 401 g/mol. The van der Waals surface area contributed by atoms with Gasteiger partial charge in [0.25, 0.3) is 0 Å². The zero-order chi connectivity index (χ0) is 19.9. The van der Waals surface area contributed by atoms with E-state index < -0.39 is 6.04 Å². The van der Waals surface area contributed by atoms with Crippen LogP contribution in [0.4, 0.5) is 0 Å². The van der Waals surface area contributed by atoms with Gasteiger partial charge in [-0.1, -0.05) is 30.3 Å². The van der Waals surface area contributed by atoms with Gasteiger partial charge in [0, 0.05) is 37.5 Å². The summed E-state index contributed by atoms with van der Waals surface area (Å²) in [4.78, 5) is 32.6. The van der Waals surface area contributed by atoms with E-state index in [1.807, 2.05) is 37.3 Å². The van der Waals surface area contributed by atoms with Gasteiger partial charge in [-0.05, 0) is 25.8 Å². The van der Waals surface area contributed by atoms with Crippen LogP contribution in [-0.2, 0) is 22.6 Å². The summed E-state index contributed by atoms with van der Waals surface area (Å²) in [5.41, 5.74) is 2.24. The number of thiazole rings is 1. The number of nitrogens with zero attached hydrogens (tertiary/aromatic N) is 2. The van der Waals surface area contributed by atoms with Crippen molar-refractivity contribution in [3.63, 3.8) is 0 Å². The molecule has 1 aliphatic rings. The smallest absolute Gasteiger partial charge is 0.237 e. The summed E-state index contributed by atoms with van der Waals surface area (Å²) in [7, 11) is 0. The van der Waals surface area contributed by atoms with Gasteiger partial charge in [-0.3, -0.25) is 14.5 Å². The van der Waals surface area contributed by atoms with Crippen LogP contribution in [0.25, 0.3) is 0 Å². The Morgan fingerprint density at radius 3 is 2.82 bits per heavy atom. The first-order valence-corrected chi connectivity index (χ1v) is 10.6. The van der Waals surface area contributed by atoms with Gasteiger partial charge in [-0.2, -0.15) is 0 Å². The third kappa shape index (κ3) is 5.62. The number of benzene rings is 1. The molecule has 2 aromatic rings. The summed E-state index contributed by atoms with van der Waals surface area (Å²) in [5, 5.41) is 6.96. The number of aryl methyl sites for hydroxylation is 3. The van der Waals surface area contributed by atoms with Gasteiger partial charge in [-0.25, -0.2) is 4.98 Å². The molecule has 0 spiro atoms. The number of carbonyl (C=O) groups excluding carboxylic acids is 2. The molecule has 6 nitrogen and oxygen atoms in total. The van der Waals surface area contributed by atoms with E-state index in [-0.39, 0.29) is 18.2 Å². The van der Waals surface area contributed by atoms with Crippen LogP contribution >= 0.6 is 11.3 Å². The molecule has 28 heavy (non-hydrogen) atoms. The molecule has 0 unspecified atom stereocenters. The Labute approximate surface area is 170 Å². The lowest BCUT2D eigenvalue weighted by atomic mass is 10.1. The number of carbonyl (C=O) groups is 2. The number of hydrogen-bond acceptors (Lipinski definition) is 5. The van der Waals surface area contributed by atoms with Crippen molar-refractivity contribution < 1.29 is 9.59 Å². The molecular formula is C21H28N4O2S. The molecule has 0 radical (unpaired) electrons. The number of rotatable bonds is 8. The minimum atomic E-state index is -0.418. The lowest BCUT2D eigenvalue weighted by molar-refractivity contribution is -0.134. The van der Waals surface area contributed by atoms with E-state index in [4.69, 9.17) is 0 Å². The first-order valence-electron chi connectivity index (χ1n) is 9.78. The van der Waals surface area contributed by atoms with Crippen LogP contribution in [0.3, 0.4) is 0 Å². The van der Waals surface area contributed by atoms with Crippen LogP contribution < -0.4 is 10.6 Å². The Kier molecular flexibility index (Phi) is 7.17. The molecule has 2 N–H and O–H groups in total.